The van der Waals surface area contributed by atoms with E-state index in [1.807, 2.05) is 0 Å². The van der Waals surface area contributed by atoms with Gasteiger partial charge in [0.05, 0.1) is 30.2 Å². The molecule has 0 bridgehead atoms. The Bertz CT molecular complexity index is 1360. The Kier molecular flexibility index (Phi) is 5.73. The lowest BCUT2D eigenvalue weighted by Gasteiger charge is -2.14. The van der Waals surface area contributed by atoms with Gasteiger partial charge in [-0.05, 0) is 36.4 Å². The summed E-state index contributed by atoms with van der Waals surface area (Å²) in [6.45, 7) is 0. The number of carbonyl (C=O) groups is 2. The van der Waals surface area contributed by atoms with E-state index in [0.717, 1.165) is 6.20 Å². The molecular formula is C21H13ClF3N5O3. The monoisotopic (exact) mass is 475 g/mol. The topological polar surface area (TPSA) is 99.0 Å². The van der Waals surface area contributed by atoms with Crippen LogP contribution in [0.3, 0.4) is 0 Å². The minimum atomic E-state index is -4.97. The molecule has 8 nitrogen and oxygen atoms in total. The number of nitrogens with zero attached hydrogens (tertiary/aromatic N) is 4. The van der Waals surface area contributed by atoms with Gasteiger partial charge in [0.15, 0.2) is 10.8 Å². The summed E-state index contributed by atoms with van der Waals surface area (Å²) in [4.78, 5) is 32.2. The second-order valence-electron chi connectivity index (χ2n) is 6.65. The van der Waals surface area contributed by atoms with Crippen molar-refractivity contribution in [3.8, 4) is 5.69 Å². The summed E-state index contributed by atoms with van der Waals surface area (Å²) < 4.78 is 47.4. The molecule has 0 radical (unpaired) electrons. The summed E-state index contributed by atoms with van der Waals surface area (Å²) in [6, 6.07) is 10.3. The van der Waals surface area contributed by atoms with Gasteiger partial charge in [-0.1, -0.05) is 17.7 Å². The predicted octanol–water partition coefficient (Wildman–Crippen LogP) is 4.53. The highest BCUT2D eigenvalue weighted by molar-refractivity contribution is 6.33. The lowest BCUT2D eigenvalue weighted by molar-refractivity contribution is -0.143. The molecule has 3 aromatic heterocycles. The van der Waals surface area contributed by atoms with Crippen LogP contribution in [-0.2, 0) is 10.9 Å². The number of amides is 1. The van der Waals surface area contributed by atoms with Gasteiger partial charge < -0.3 is 10.1 Å². The van der Waals surface area contributed by atoms with Crippen molar-refractivity contribution in [2.45, 2.75) is 6.18 Å². The molecule has 1 aromatic carbocycles. The summed E-state index contributed by atoms with van der Waals surface area (Å²) in [5.74, 6) is -1.86. The van der Waals surface area contributed by atoms with Crippen molar-refractivity contribution in [1.29, 1.82) is 0 Å². The number of aromatic nitrogens is 4. The number of carbonyl (C=O) groups excluding carboxylic acids is 2. The van der Waals surface area contributed by atoms with Crippen molar-refractivity contribution in [3.63, 3.8) is 0 Å². The van der Waals surface area contributed by atoms with Gasteiger partial charge in [-0.15, -0.1) is 0 Å². The van der Waals surface area contributed by atoms with E-state index in [0.29, 0.717) is 15.6 Å². The Labute approximate surface area is 189 Å². The summed E-state index contributed by atoms with van der Waals surface area (Å²) in [7, 11) is 1.17. The molecule has 1 amide bonds. The fraction of sp³-hybridized carbons (Fsp3) is 0.0952. The third-order valence-electron chi connectivity index (χ3n) is 4.61. The van der Waals surface area contributed by atoms with Gasteiger partial charge in [-0.25, -0.2) is 14.5 Å². The number of rotatable bonds is 4. The fourth-order valence-corrected chi connectivity index (χ4v) is 3.44. The lowest BCUT2D eigenvalue weighted by Crippen LogP contribution is -2.21. The molecule has 33 heavy (non-hydrogen) atoms. The van der Waals surface area contributed by atoms with E-state index in [1.54, 1.807) is 18.2 Å². The number of esters is 1. The molecule has 0 atom stereocenters. The van der Waals surface area contributed by atoms with E-state index in [4.69, 9.17) is 11.6 Å². The molecule has 0 fully saturated rings. The van der Waals surface area contributed by atoms with Gasteiger partial charge >= 0.3 is 12.1 Å². The lowest BCUT2D eigenvalue weighted by atomic mass is 10.1. The molecular weight excluding hydrogens is 463 g/mol. The van der Waals surface area contributed by atoms with E-state index < -0.39 is 34.5 Å². The van der Waals surface area contributed by atoms with E-state index in [1.165, 1.54) is 37.6 Å². The Morgan fingerprint density at radius 1 is 1.09 bits per heavy atom. The van der Waals surface area contributed by atoms with E-state index >= 15 is 0 Å². The van der Waals surface area contributed by atoms with Gasteiger partial charge in [0, 0.05) is 11.6 Å². The van der Waals surface area contributed by atoms with Crippen LogP contribution in [0.4, 0.5) is 18.9 Å². The average molecular weight is 476 g/mol. The minimum absolute atomic E-state index is 0.0399. The number of ether oxygens (including phenoxy) is 1. The molecule has 0 aliphatic carbocycles. The maximum atomic E-state index is 14.1. The van der Waals surface area contributed by atoms with Crippen LogP contribution < -0.4 is 5.32 Å². The molecule has 0 unspecified atom stereocenters. The van der Waals surface area contributed by atoms with Crippen molar-refractivity contribution in [3.05, 3.63) is 77.0 Å². The number of hydrogen-bond donors (Lipinski definition) is 1. The summed E-state index contributed by atoms with van der Waals surface area (Å²) >= 11 is 6.02. The molecule has 0 saturated heterocycles. The van der Waals surface area contributed by atoms with Gasteiger partial charge in [0.2, 0.25) is 0 Å². The van der Waals surface area contributed by atoms with Crippen molar-refractivity contribution in [2.24, 2.45) is 0 Å². The largest absolute Gasteiger partial charge is 0.464 e. The smallest absolute Gasteiger partial charge is 0.434 e. The Hall–Kier alpha value is -3.99. The third kappa shape index (κ3) is 4.22. The highest BCUT2D eigenvalue weighted by Crippen LogP contribution is 2.38. The first kappa shape index (κ1) is 22.2. The fourth-order valence-electron chi connectivity index (χ4n) is 3.19. The van der Waals surface area contributed by atoms with Crippen LogP contribution in [0.2, 0.25) is 5.15 Å². The van der Waals surface area contributed by atoms with Crippen LogP contribution in [0.5, 0.6) is 0 Å². The van der Waals surface area contributed by atoms with Gasteiger partial charge in [-0.3, -0.25) is 9.78 Å². The highest BCUT2D eigenvalue weighted by atomic mass is 35.5. The van der Waals surface area contributed by atoms with E-state index in [9.17, 15) is 22.8 Å². The molecule has 0 aliphatic rings. The van der Waals surface area contributed by atoms with Crippen LogP contribution in [-0.4, -0.2) is 38.7 Å². The second kappa shape index (κ2) is 8.51. The maximum absolute atomic E-state index is 14.1. The molecule has 1 N–H and O–H groups in total. The zero-order chi connectivity index (χ0) is 23.8. The number of pyridine rings is 2. The highest BCUT2D eigenvalue weighted by Gasteiger charge is 2.42. The quantitative estimate of drug-likeness (QED) is 0.435. The number of halogens is 4. The molecule has 0 saturated carbocycles. The average Bonchev–Trinajstić information content (AvgIpc) is 3.16. The Morgan fingerprint density at radius 2 is 1.88 bits per heavy atom. The van der Waals surface area contributed by atoms with Gasteiger partial charge in [0.25, 0.3) is 5.91 Å². The summed E-state index contributed by atoms with van der Waals surface area (Å²) in [5, 5.41) is 5.85. The SMILES string of the molecule is COC(=O)c1ccc(NC(=O)c2c(Cl)nn(-c3cccc4ncccc34)c2C(F)(F)F)cn1. The molecule has 4 aromatic rings. The van der Waals surface area contributed by atoms with Crippen LogP contribution in [0.25, 0.3) is 16.6 Å². The van der Waals surface area contributed by atoms with Crippen LogP contribution in [0.15, 0.2) is 54.9 Å². The number of alkyl halides is 3. The standard InChI is InChI=1S/C21H13ClF3N5O3/c1-33-20(32)14-8-7-11(10-27-14)28-19(31)16-17(21(23,24)25)30(29-18(16)22)15-6-2-5-13-12(15)4-3-9-26-13/h2-10H,1H3,(H,28,31). The maximum Gasteiger partial charge on any atom is 0.434 e. The van der Waals surface area contributed by atoms with E-state index in [-0.39, 0.29) is 17.1 Å². The number of nitrogens with one attached hydrogen (secondary N) is 1. The molecule has 4 rings (SSSR count). The first-order chi connectivity index (χ1) is 15.7. The first-order valence-electron chi connectivity index (χ1n) is 9.26. The van der Waals surface area contributed by atoms with Crippen LogP contribution in [0.1, 0.15) is 26.5 Å². The van der Waals surface area contributed by atoms with Crippen LogP contribution in [0, 0.1) is 0 Å². The number of anilines is 1. The molecule has 168 valence electrons. The molecule has 0 aliphatic heterocycles. The van der Waals surface area contributed by atoms with Gasteiger partial charge in [0.1, 0.15) is 11.3 Å². The zero-order valence-electron chi connectivity index (χ0n) is 16.7. The summed E-state index contributed by atoms with van der Waals surface area (Å²) in [5.41, 5.74) is -1.71. The minimum Gasteiger partial charge on any atom is -0.464 e. The molecule has 0 spiro atoms. The molecule has 3 heterocycles. The number of benzene rings is 1. The predicted molar refractivity (Wildman–Crippen MR) is 112 cm³/mol. The van der Waals surface area contributed by atoms with Crippen molar-refractivity contribution in [1.82, 2.24) is 19.7 Å². The second-order valence-corrected chi connectivity index (χ2v) is 7.01. The number of methoxy groups -OCH3 is 1. The Balaban J connectivity index is 1.79. The normalized spacial score (nSPS) is 11.4. The number of fused-ring (bicyclic) bond motifs is 1. The van der Waals surface area contributed by atoms with E-state index in [2.05, 4.69) is 25.1 Å². The van der Waals surface area contributed by atoms with Crippen molar-refractivity contribution >= 4 is 40.1 Å². The molecule has 12 heteroatoms. The van der Waals surface area contributed by atoms with Gasteiger partial charge in [-0.2, -0.15) is 18.3 Å². The third-order valence-corrected chi connectivity index (χ3v) is 4.87. The first-order valence-corrected chi connectivity index (χ1v) is 9.64. The van der Waals surface area contributed by atoms with Crippen molar-refractivity contribution < 1.29 is 27.5 Å². The Morgan fingerprint density at radius 3 is 2.55 bits per heavy atom. The zero-order valence-corrected chi connectivity index (χ0v) is 17.5. The van der Waals surface area contributed by atoms with Crippen molar-refractivity contribution in [2.75, 3.05) is 12.4 Å². The van der Waals surface area contributed by atoms with Crippen LogP contribution >= 0.6 is 11.6 Å². The summed E-state index contributed by atoms with van der Waals surface area (Å²) in [6.07, 6.45) is -2.36. The number of hydrogen-bond acceptors (Lipinski definition) is 6.